The van der Waals surface area contributed by atoms with E-state index in [9.17, 15) is 4.39 Å². The molecule has 1 aliphatic heterocycles. The highest BCUT2D eigenvalue weighted by atomic mass is 35.5. The van der Waals surface area contributed by atoms with E-state index in [2.05, 4.69) is 19.9 Å². The third kappa shape index (κ3) is 2.71. The average molecular weight is 393 g/mol. The minimum absolute atomic E-state index is 0.101. The molecule has 28 heavy (non-hydrogen) atoms. The number of nitrogens with two attached hydrogens (primary N) is 1. The molecule has 4 aromatic rings. The lowest BCUT2D eigenvalue weighted by atomic mass is 10.1. The maximum absolute atomic E-state index is 13.8. The third-order valence-electron chi connectivity index (χ3n) is 4.89. The number of nitrogens with zero attached hydrogens (tertiary/aromatic N) is 5. The first kappa shape index (κ1) is 16.8. The molecule has 0 aliphatic carbocycles. The first-order chi connectivity index (χ1) is 13.6. The summed E-state index contributed by atoms with van der Waals surface area (Å²) in [4.78, 5) is 19.1. The molecular formula is C20H14ClFN6. The smallest absolute Gasteiger partial charge is 0.219 e. The van der Waals surface area contributed by atoms with Gasteiger partial charge in [0.25, 0.3) is 0 Å². The Balaban J connectivity index is 1.66. The summed E-state index contributed by atoms with van der Waals surface area (Å²) in [6.45, 7) is 0.691. The lowest BCUT2D eigenvalue weighted by Crippen LogP contribution is -2.15. The van der Waals surface area contributed by atoms with E-state index >= 15 is 0 Å². The summed E-state index contributed by atoms with van der Waals surface area (Å²) in [5.74, 6) is 0.580. The molecule has 0 amide bonds. The Labute approximate surface area is 164 Å². The van der Waals surface area contributed by atoms with Gasteiger partial charge in [-0.1, -0.05) is 17.7 Å². The van der Waals surface area contributed by atoms with E-state index in [4.69, 9.17) is 17.3 Å². The number of fused-ring (bicyclic) bond motifs is 2. The normalized spacial score (nSPS) is 13.1. The zero-order chi connectivity index (χ0) is 19.3. The second kappa shape index (κ2) is 6.38. The summed E-state index contributed by atoms with van der Waals surface area (Å²) < 4.78 is 13.8. The van der Waals surface area contributed by atoms with Crippen molar-refractivity contribution in [3.8, 4) is 11.1 Å². The van der Waals surface area contributed by atoms with Crippen molar-refractivity contribution >= 4 is 40.0 Å². The van der Waals surface area contributed by atoms with E-state index in [1.165, 1.54) is 12.4 Å². The van der Waals surface area contributed by atoms with Gasteiger partial charge in [0.1, 0.15) is 18.0 Å². The number of hydrogen-bond donors (Lipinski definition) is 1. The molecule has 0 bridgehead atoms. The van der Waals surface area contributed by atoms with Crippen LogP contribution in [0.5, 0.6) is 0 Å². The van der Waals surface area contributed by atoms with Crippen LogP contribution in [0.1, 0.15) is 5.56 Å². The van der Waals surface area contributed by atoms with E-state index in [1.807, 2.05) is 23.1 Å². The lowest BCUT2D eigenvalue weighted by molar-refractivity contribution is 0.627. The van der Waals surface area contributed by atoms with Gasteiger partial charge in [-0.05, 0) is 41.8 Å². The molecule has 6 nitrogen and oxygen atoms in total. The first-order valence-corrected chi connectivity index (χ1v) is 9.06. The van der Waals surface area contributed by atoms with Crippen LogP contribution >= 0.6 is 11.6 Å². The van der Waals surface area contributed by atoms with Crippen LogP contribution in [0.4, 0.5) is 21.8 Å². The molecule has 2 aromatic carbocycles. The number of nitrogen functional groups attached to an aromatic ring is 1. The van der Waals surface area contributed by atoms with Crippen molar-refractivity contribution in [1.29, 1.82) is 0 Å². The summed E-state index contributed by atoms with van der Waals surface area (Å²) in [7, 11) is 0. The number of halogens is 2. The maximum Gasteiger partial charge on any atom is 0.219 e. The lowest BCUT2D eigenvalue weighted by Gasteiger charge is -2.20. The predicted octanol–water partition coefficient (Wildman–Crippen LogP) is 4.16. The number of rotatable bonds is 2. The van der Waals surface area contributed by atoms with Crippen LogP contribution in [0.25, 0.3) is 22.0 Å². The minimum atomic E-state index is -0.402. The van der Waals surface area contributed by atoms with Gasteiger partial charge in [0.05, 0.1) is 10.5 Å². The van der Waals surface area contributed by atoms with Gasteiger partial charge in [0.2, 0.25) is 5.95 Å². The number of anilines is 3. The van der Waals surface area contributed by atoms with Crippen LogP contribution in [0.2, 0.25) is 5.02 Å². The Morgan fingerprint density at radius 3 is 2.64 bits per heavy atom. The minimum Gasteiger partial charge on any atom is -0.368 e. The Bertz CT molecular complexity index is 1210. The molecule has 8 heteroatoms. The molecule has 2 aromatic heterocycles. The highest BCUT2D eigenvalue weighted by molar-refractivity contribution is 6.31. The molecule has 0 spiro atoms. The highest BCUT2D eigenvalue weighted by Crippen LogP contribution is 2.39. The van der Waals surface area contributed by atoms with Crippen molar-refractivity contribution in [2.24, 2.45) is 0 Å². The fourth-order valence-electron chi connectivity index (χ4n) is 3.53. The van der Waals surface area contributed by atoms with Crippen molar-refractivity contribution < 1.29 is 4.39 Å². The van der Waals surface area contributed by atoms with Gasteiger partial charge in [0.15, 0.2) is 0 Å². The molecular weight excluding hydrogens is 379 g/mol. The van der Waals surface area contributed by atoms with Gasteiger partial charge in [-0.25, -0.2) is 24.3 Å². The van der Waals surface area contributed by atoms with Gasteiger partial charge in [-0.2, -0.15) is 0 Å². The van der Waals surface area contributed by atoms with Crippen molar-refractivity contribution in [1.82, 2.24) is 19.9 Å². The highest BCUT2D eigenvalue weighted by Gasteiger charge is 2.25. The van der Waals surface area contributed by atoms with Crippen LogP contribution in [0.15, 0.2) is 49.1 Å². The molecule has 0 atom stereocenters. The van der Waals surface area contributed by atoms with Crippen molar-refractivity contribution in [2.75, 3.05) is 17.2 Å². The van der Waals surface area contributed by atoms with Crippen LogP contribution < -0.4 is 10.6 Å². The van der Waals surface area contributed by atoms with Gasteiger partial charge < -0.3 is 10.6 Å². The summed E-state index contributed by atoms with van der Waals surface area (Å²) in [6, 6.07) is 9.05. The van der Waals surface area contributed by atoms with Gasteiger partial charge >= 0.3 is 0 Å². The predicted molar refractivity (Wildman–Crippen MR) is 107 cm³/mol. The number of benzene rings is 2. The van der Waals surface area contributed by atoms with E-state index in [1.54, 1.807) is 18.5 Å². The third-order valence-corrected chi connectivity index (χ3v) is 5.18. The zero-order valence-corrected chi connectivity index (χ0v) is 15.4. The molecule has 1 aliphatic rings. The fourth-order valence-corrected chi connectivity index (χ4v) is 3.68. The standard InChI is InChI=1S/C20H14ClFN6/c21-15-7-18-12(6-16(15)22)3-4-28(18)19-14-5-11(1-2-17(14)26-10-27-19)13-8-24-20(23)25-9-13/h1-2,5-10H,3-4H2,(H2,23,24,25). The second-order valence-corrected chi connectivity index (χ2v) is 6.96. The molecule has 138 valence electrons. The maximum atomic E-state index is 13.8. The Morgan fingerprint density at radius 1 is 1.00 bits per heavy atom. The van der Waals surface area contributed by atoms with Crippen molar-refractivity contribution in [3.63, 3.8) is 0 Å². The van der Waals surface area contributed by atoms with E-state index in [0.29, 0.717) is 6.54 Å². The molecule has 0 fully saturated rings. The molecule has 0 unspecified atom stereocenters. The number of aromatic nitrogens is 4. The van der Waals surface area contributed by atoms with Crippen LogP contribution in [0.3, 0.4) is 0 Å². The largest absolute Gasteiger partial charge is 0.368 e. The topological polar surface area (TPSA) is 80.8 Å². The summed E-state index contributed by atoms with van der Waals surface area (Å²) in [5.41, 5.74) is 9.95. The Morgan fingerprint density at radius 2 is 1.82 bits per heavy atom. The number of hydrogen-bond acceptors (Lipinski definition) is 6. The zero-order valence-electron chi connectivity index (χ0n) is 14.6. The van der Waals surface area contributed by atoms with E-state index < -0.39 is 5.82 Å². The van der Waals surface area contributed by atoms with Crippen LogP contribution in [-0.4, -0.2) is 26.5 Å². The van der Waals surface area contributed by atoms with Crippen LogP contribution in [0, 0.1) is 5.82 Å². The Kier molecular flexibility index (Phi) is 3.84. The summed E-state index contributed by atoms with van der Waals surface area (Å²) in [6.07, 6.45) is 5.62. The van der Waals surface area contributed by atoms with Gasteiger partial charge in [-0.15, -0.1) is 0 Å². The molecule has 3 heterocycles. The van der Waals surface area contributed by atoms with E-state index in [-0.39, 0.29) is 11.0 Å². The monoisotopic (exact) mass is 392 g/mol. The average Bonchev–Trinajstić information content (AvgIpc) is 3.10. The van der Waals surface area contributed by atoms with Gasteiger partial charge in [-0.3, -0.25) is 0 Å². The SMILES string of the molecule is Nc1ncc(-c2ccc3ncnc(N4CCc5cc(F)c(Cl)cc54)c3c2)cn1. The molecule has 5 rings (SSSR count). The summed E-state index contributed by atoms with van der Waals surface area (Å²) in [5, 5.41) is 0.980. The van der Waals surface area contributed by atoms with Crippen molar-refractivity contribution in [2.45, 2.75) is 6.42 Å². The summed E-state index contributed by atoms with van der Waals surface area (Å²) >= 11 is 6.02. The first-order valence-electron chi connectivity index (χ1n) is 8.68. The molecule has 0 saturated carbocycles. The molecule has 0 saturated heterocycles. The quantitative estimate of drug-likeness (QED) is 0.551. The Hall–Kier alpha value is -3.32. The van der Waals surface area contributed by atoms with Gasteiger partial charge in [0, 0.05) is 35.6 Å². The van der Waals surface area contributed by atoms with Crippen molar-refractivity contribution in [3.05, 3.63) is 65.5 Å². The van der Waals surface area contributed by atoms with Crippen LogP contribution in [-0.2, 0) is 6.42 Å². The fraction of sp³-hybridized carbons (Fsp3) is 0.100. The second-order valence-electron chi connectivity index (χ2n) is 6.56. The molecule has 0 radical (unpaired) electrons. The molecule has 2 N–H and O–H groups in total. The van der Waals surface area contributed by atoms with E-state index in [0.717, 1.165) is 45.5 Å².